The first-order valence-corrected chi connectivity index (χ1v) is 31.9. The molecule has 0 radical (unpaired) electrons. The van der Waals surface area contributed by atoms with E-state index in [2.05, 4.69) is 107 Å². The van der Waals surface area contributed by atoms with Gasteiger partial charge in [0.05, 0.1) is 11.8 Å². The zero-order valence-electron chi connectivity index (χ0n) is 51.6. The SMILES string of the molecule is CC(CC(CC(C)C(=O)NCCS)C(=O)O)C(=O)NCCN.CCC(C)C(=O)O.CCCC(C)CCCC(C)CCCCCC(C)CCCCCC(C)CC.NCCNC(=O)OCC1c2ccccc2-c2ccccc21.NCCS. The molecule has 0 bridgehead atoms. The largest absolute Gasteiger partial charge is 0.481 e. The maximum Gasteiger partial charge on any atom is 0.407 e. The van der Waals surface area contributed by atoms with E-state index in [9.17, 15) is 29.1 Å². The molecule has 0 heterocycles. The minimum absolute atomic E-state index is 0.0982. The third-order valence-electron chi connectivity index (χ3n) is 15.0. The highest BCUT2D eigenvalue weighted by molar-refractivity contribution is 7.80. The van der Waals surface area contributed by atoms with Crippen LogP contribution >= 0.6 is 25.3 Å². The number of unbranched alkanes of at least 4 members (excludes halogenated alkanes) is 4. The summed E-state index contributed by atoms with van der Waals surface area (Å²) in [4.78, 5) is 56.4. The molecule has 11 N–H and O–H groups in total. The fourth-order valence-corrected chi connectivity index (χ4v) is 9.47. The topological polar surface area (TPSA) is 249 Å². The Morgan fingerprint density at radius 2 is 0.925 bits per heavy atom. The average Bonchev–Trinajstić information content (AvgIpc) is 3.77. The number of carbonyl (C=O) groups excluding carboxylic acids is 3. The van der Waals surface area contributed by atoms with Crippen molar-refractivity contribution in [1.29, 1.82) is 0 Å². The van der Waals surface area contributed by atoms with Crippen LogP contribution in [0.5, 0.6) is 0 Å². The fraction of sp³-hybridized carbons (Fsp3) is 0.734. The number of nitrogens with two attached hydrogens (primary N) is 3. The highest BCUT2D eigenvalue weighted by atomic mass is 32.1. The van der Waals surface area contributed by atoms with Crippen LogP contribution in [0.4, 0.5) is 4.79 Å². The smallest absolute Gasteiger partial charge is 0.407 e. The van der Waals surface area contributed by atoms with Crippen LogP contribution in [0.2, 0.25) is 0 Å². The number of ether oxygens (including phenoxy) is 1. The Hall–Kier alpha value is -3.83. The van der Waals surface area contributed by atoms with Gasteiger partial charge in [0.15, 0.2) is 0 Å². The van der Waals surface area contributed by atoms with Crippen LogP contribution in [0, 0.1) is 47.3 Å². The monoisotopic (exact) mass is 1160 g/mol. The lowest BCUT2D eigenvalue weighted by molar-refractivity contribution is -0.144. The van der Waals surface area contributed by atoms with Crippen LogP contribution in [0.15, 0.2) is 48.5 Å². The molecule has 8 unspecified atom stereocenters. The first-order valence-electron chi connectivity index (χ1n) is 30.6. The summed E-state index contributed by atoms with van der Waals surface area (Å²) >= 11 is 7.80. The van der Waals surface area contributed by atoms with E-state index in [1.165, 1.54) is 125 Å². The van der Waals surface area contributed by atoms with E-state index in [1.807, 2.05) is 31.2 Å². The molecule has 8 atom stereocenters. The molecule has 2 aromatic rings. The molecule has 3 rings (SSSR count). The van der Waals surface area contributed by atoms with E-state index in [0.29, 0.717) is 51.6 Å². The maximum atomic E-state index is 11.8. The maximum absolute atomic E-state index is 11.8. The highest BCUT2D eigenvalue weighted by Gasteiger charge is 2.30. The Morgan fingerprint density at radius 3 is 1.30 bits per heavy atom. The number of carboxylic acids is 2. The third kappa shape index (κ3) is 38.8. The number of rotatable bonds is 37. The lowest BCUT2D eigenvalue weighted by Crippen LogP contribution is -2.36. The summed E-state index contributed by atoms with van der Waals surface area (Å²) in [6.07, 6.45) is 23.8. The van der Waals surface area contributed by atoms with Crippen LogP contribution in [-0.2, 0) is 23.9 Å². The molecule has 16 heteroatoms. The quantitative estimate of drug-likeness (QED) is 0.0225. The molecule has 0 saturated heterocycles. The number of alkyl carbamates (subject to hydrolysis) is 1. The number of benzene rings is 2. The number of hydrogen-bond acceptors (Lipinski definition) is 11. The van der Waals surface area contributed by atoms with Crippen molar-refractivity contribution in [3.05, 3.63) is 59.7 Å². The second kappa shape index (κ2) is 50.9. The molecule has 3 amide bonds. The van der Waals surface area contributed by atoms with Gasteiger partial charge in [0.1, 0.15) is 6.61 Å². The Morgan fingerprint density at radius 1 is 0.512 bits per heavy atom. The number of carbonyl (C=O) groups is 5. The van der Waals surface area contributed by atoms with Crippen molar-refractivity contribution in [2.75, 3.05) is 57.4 Å². The van der Waals surface area contributed by atoms with Gasteiger partial charge in [0.2, 0.25) is 11.8 Å². The predicted octanol–water partition coefficient (Wildman–Crippen LogP) is 13.1. The number of aliphatic carboxylic acids is 2. The molecule has 0 fully saturated rings. The van der Waals surface area contributed by atoms with Crippen molar-refractivity contribution in [3.8, 4) is 11.1 Å². The van der Waals surface area contributed by atoms with Crippen molar-refractivity contribution in [2.45, 2.75) is 197 Å². The zero-order valence-corrected chi connectivity index (χ0v) is 53.4. The van der Waals surface area contributed by atoms with Crippen molar-refractivity contribution >= 4 is 55.1 Å². The predicted molar refractivity (Wildman–Crippen MR) is 342 cm³/mol. The number of hydrogen-bond donors (Lipinski definition) is 10. The minimum Gasteiger partial charge on any atom is -0.481 e. The van der Waals surface area contributed by atoms with Gasteiger partial charge in [-0.3, -0.25) is 19.2 Å². The van der Waals surface area contributed by atoms with E-state index >= 15 is 0 Å². The van der Waals surface area contributed by atoms with Crippen molar-refractivity contribution in [2.24, 2.45) is 64.5 Å². The first-order chi connectivity index (χ1) is 38.2. The van der Waals surface area contributed by atoms with Crippen molar-refractivity contribution < 1.29 is 38.9 Å². The van der Waals surface area contributed by atoms with Crippen LogP contribution < -0.4 is 33.2 Å². The summed E-state index contributed by atoms with van der Waals surface area (Å²) in [6.45, 7) is 24.3. The summed E-state index contributed by atoms with van der Waals surface area (Å²) in [7, 11) is 0. The third-order valence-corrected chi connectivity index (χ3v) is 15.4. The van der Waals surface area contributed by atoms with Gasteiger partial charge in [-0.25, -0.2) is 4.79 Å². The minimum atomic E-state index is -0.993. The molecule has 0 spiro atoms. The number of amides is 3. The van der Waals surface area contributed by atoms with Gasteiger partial charge >= 0.3 is 18.0 Å². The lowest BCUT2D eigenvalue weighted by Gasteiger charge is -2.20. The molecular formula is C64H116N6O8S2. The summed E-state index contributed by atoms with van der Waals surface area (Å²) in [5.74, 6) is 1.30. The molecular weight excluding hydrogens is 1040 g/mol. The Kier molecular flexibility index (Phi) is 49.7. The van der Waals surface area contributed by atoms with E-state index in [0.717, 1.165) is 35.8 Å². The second-order valence-corrected chi connectivity index (χ2v) is 23.3. The molecule has 0 saturated carbocycles. The van der Waals surface area contributed by atoms with Gasteiger partial charge < -0.3 is 48.1 Å². The molecule has 14 nitrogen and oxygen atoms in total. The van der Waals surface area contributed by atoms with Gasteiger partial charge in [-0.1, -0.05) is 221 Å². The average molecular weight is 1160 g/mol. The number of fused-ring (bicyclic) bond motifs is 3. The summed E-state index contributed by atoms with van der Waals surface area (Å²) in [5.41, 5.74) is 20.5. The van der Waals surface area contributed by atoms with Gasteiger partial charge in [-0.2, -0.15) is 25.3 Å². The molecule has 0 aliphatic heterocycles. The zero-order chi connectivity index (χ0) is 60.7. The van der Waals surface area contributed by atoms with Gasteiger partial charge in [-0.15, -0.1) is 0 Å². The van der Waals surface area contributed by atoms with Crippen molar-refractivity contribution in [1.82, 2.24) is 16.0 Å². The Labute approximate surface area is 497 Å². The van der Waals surface area contributed by atoms with Crippen LogP contribution in [0.25, 0.3) is 11.1 Å². The Balaban J connectivity index is 0. The number of nitrogens with one attached hydrogen (secondary N) is 3. The first kappa shape index (κ1) is 78.2. The summed E-state index contributed by atoms with van der Waals surface area (Å²) in [5, 5.41) is 25.4. The number of thiol groups is 2. The van der Waals surface area contributed by atoms with Crippen molar-refractivity contribution in [3.63, 3.8) is 0 Å². The molecule has 1 aliphatic carbocycles. The second-order valence-electron chi connectivity index (χ2n) is 22.4. The molecule has 1 aliphatic rings. The highest BCUT2D eigenvalue weighted by Crippen LogP contribution is 2.44. The molecule has 0 aromatic heterocycles. The van der Waals surface area contributed by atoms with E-state index in [4.69, 9.17) is 27.0 Å². The van der Waals surface area contributed by atoms with Gasteiger partial charge in [-0.05, 0) is 65.2 Å². The van der Waals surface area contributed by atoms with Crippen LogP contribution in [0.3, 0.4) is 0 Å². The Bertz CT molecular complexity index is 1820. The normalized spacial score (nSPS) is 14.2. The summed E-state index contributed by atoms with van der Waals surface area (Å²) < 4.78 is 5.34. The van der Waals surface area contributed by atoms with E-state index in [-0.39, 0.29) is 36.5 Å². The van der Waals surface area contributed by atoms with Crippen LogP contribution in [-0.4, -0.2) is 97.4 Å². The van der Waals surface area contributed by atoms with Crippen LogP contribution in [0.1, 0.15) is 208 Å². The van der Waals surface area contributed by atoms with E-state index < -0.39 is 35.8 Å². The molecule has 462 valence electrons. The molecule has 2 aromatic carbocycles. The fourth-order valence-electron chi connectivity index (χ4n) is 9.36. The standard InChI is InChI=1S/C26H54.C17H18N2O2.C14H27N3O4S.C5H10O2.C2H7NS/c1-7-16-24(4)21-15-22-26(6)20-14-10-13-19-25(5)18-12-9-11-17-23(3)8-2;18-9-10-19-17(20)21-11-16-14-7-3-1-5-12(14)13-6-2-4-8-15(13)16;1-9(12(18)16-4-3-15)7-11(14(20)21)8-10(2)13(19)17-5-6-22;1-3-4(2)5(6)7;3-1-2-4/h23-26H,7-22H2,1-6H3;1-8,16H,9-11,18H2,(H,19,20);9-11,22H,3-8,15H2,1-2H3,(H,16,18)(H,17,19)(H,20,21);4H,3H2,1-2H3,(H,6,7);4H,1-3H2. The van der Waals surface area contributed by atoms with E-state index in [1.54, 1.807) is 20.8 Å². The van der Waals surface area contributed by atoms with Gasteiger partial charge in [0.25, 0.3) is 0 Å². The lowest BCUT2D eigenvalue weighted by atomic mass is 9.87. The molecule has 80 heavy (non-hydrogen) atoms. The van der Waals surface area contributed by atoms with Gasteiger partial charge in [0, 0.05) is 68.5 Å². The summed E-state index contributed by atoms with van der Waals surface area (Å²) in [6, 6.07) is 16.5. The number of carboxylic acid groups (broad SMARTS) is 2.